The summed E-state index contributed by atoms with van der Waals surface area (Å²) in [5.74, 6) is 0.428. The highest BCUT2D eigenvalue weighted by Gasteiger charge is 2.25. The molecule has 0 unspecified atom stereocenters. The first kappa shape index (κ1) is 20.1. The van der Waals surface area contributed by atoms with Gasteiger partial charge in [0.05, 0.1) is 35.9 Å². The number of aromatic nitrogens is 1. The number of hydrogen-bond acceptors (Lipinski definition) is 6. The van der Waals surface area contributed by atoms with Crippen LogP contribution in [0, 0.1) is 0 Å². The van der Waals surface area contributed by atoms with Crippen molar-refractivity contribution in [3.8, 4) is 11.5 Å². The average molecular weight is 427 g/mol. The molecule has 8 nitrogen and oxygen atoms in total. The fourth-order valence-corrected chi connectivity index (χ4v) is 4.31. The lowest BCUT2D eigenvalue weighted by molar-refractivity contribution is -0.116. The number of sulfonamides is 1. The summed E-state index contributed by atoms with van der Waals surface area (Å²) in [7, 11) is -2.53. The zero-order valence-electron chi connectivity index (χ0n) is 16.4. The van der Waals surface area contributed by atoms with Crippen molar-refractivity contribution in [2.45, 2.75) is 11.3 Å². The van der Waals surface area contributed by atoms with Gasteiger partial charge in [-0.15, -0.1) is 0 Å². The highest BCUT2D eigenvalue weighted by Crippen LogP contribution is 2.32. The van der Waals surface area contributed by atoms with E-state index < -0.39 is 15.9 Å². The minimum absolute atomic E-state index is 0.0360. The number of nitrogens with zero attached hydrogens (tertiary/aromatic N) is 2. The molecule has 0 radical (unpaired) electrons. The second kappa shape index (κ2) is 8.29. The van der Waals surface area contributed by atoms with Crippen molar-refractivity contribution >= 4 is 32.5 Å². The van der Waals surface area contributed by atoms with Gasteiger partial charge in [-0.3, -0.25) is 9.78 Å². The molecule has 1 aromatic heterocycles. The first-order valence-corrected chi connectivity index (χ1v) is 10.9. The fourth-order valence-electron chi connectivity index (χ4n) is 3.17. The Bertz CT molecular complexity index is 1190. The van der Waals surface area contributed by atoms with Crippen LogP contribution in [-0.4, -0.2) is 50.4 Å². The molecule has 0 saturated carbocycles. The van der Waals surface area contributed by atoms with Crippen LogP contribution in [0.3, 0.4) is 0 Å². The smallest absolute Gasteiger partial charge is 0.243 e. The number of para-hydroxylation sites is 1. The van der Waals surface area contributed by atoms with Crippen molar-refractivity contribution in [2.24, 2.45) is 0 Å². The monoisotopic (exact) mass is 427 g/mol. The Morgan fingerprint density at radius 2 is 1.87 bits per heavy atom. The third-order valence-electron chi connectivity index (χ3n) is 4.70. The van der Waals surface area contributed by atoms with Crippen LogP contribution in [0.4, 0.5) is 5.69 Å². The number of pyridine rings is 1. The van der Waals surface area contributed by atoms with Crippen molar-refractivity contribution in [3.05, 3.63) is 54.7 Å². The molecule has 4 rings (SSSR count). The van der Waals surface area contributed by atoms with Gasteiger partial charge in [0.1, 0.15) is 0 Å². The van der Waals surface area contributed by atoms with Crippen LogP contribution in [0.5, 0.6) is 11.5 Å². The molecular weight excluding hydrogens is 406 g/mol. The quantitative estimate of drug-likeness (QED) is 0.672. The number of amides is 1. The molecule has 1 aliphatic heterocycles. The normalized spacial score (nSPS) is 13.8. The van der Waals surface area contributed by atoms with E-state index in [9.17, 15) is 13.2 Å². The number of ether oxygens (including phenoxy) is 2. The minimum atomic E-state index is -3.89. The summed E-state index contributed by atoms with van der Waals surface area (Å²) in [5, 5.41) is 3.62. The molecule has 0 saturated heterocycles. The Hall–Kier alpha value is -3.17. The third-order valence-corrected chi connectivity index (χ3v) is 6.50. The minimum Gasteiger partial charge on any atom is -0.490 e. The first-order valence-electron chi connectivity index (χ1n) is 9.45. The second-order valence-corrected chi connectivity index (χ2v) is 8.89. The zero-order valence-corrected chi connectivity index (χ0v) is 17.2. The van der Waals surface area contributed by atoms with Gasteiger partial charge < -0.3 is 14.8 Å². The molecule has 30 heavy (non-hydrogen) atoms. The molecule has 156 valence electrons. The Morgan fingerprint density at radius 1 is 1.10 bits per heavy atom. The van der Waals surface area contributed by atoms with E-state index in [0.29, 0.717) is 35.9 Å². The van der Waals surface area contributed by atoms with Crippen LogP contribution >= 0.6 is 0 Å². The molecule has 1 amide bonds. The molecule has 3 aromatic rings. The summed E-state index contributed by atoms with van der Waals surface area (Å²) < 4.78 is 38.0. The van der Waals surface area contributed by atoms with Crippen LogP contribution in [0.15, 0.2) is 59.6 Å². The number of fused-ring (bicyclic) bond motifs is 2. The Labute approximate surface area is 174 Å². The Kier molecular flexibility index (Phi) is 5.56. The topological polar surface area (TPSA) is 97.8 Å². The summed E-state index contributed by atoms with van der Waals surface area (Å²) in [6, 6.07) is 13.6. The van der Waals surface area contributed by atoms with E-state index in [1.165, 1.54) is 19.2 Å². The lowest BCUT2D eigenvalue weighted by Crippen LogP contribution is -2.35. The van der Waals surface area contributed by atoms with E-state index >= 15 is 0 Å². The summed E-state index contributed by atoms with van der Waals surface area (Å²) in [5.41, 5.74) is 1.17. The number of anilines is 1. The van der Waals surface area contributed by atoms with Gasteiger partial charge >= 0.3 is 0 Å². The summed E-state index contributed by atoms with van der Waals surface area (Å²) >= 11 is 0. The Balaban J connectivity index is 1.50. The Morgan fingerprint density at radius 3 is 2.70 bits per heavy atom. The van der Waals surface area contributed by atoms with Crippen molar-refractivity contribution in [1.29, 1.82) is 0 Å². The SMILES string of the molecule is CN(CC(=O)Nc1cccc2cccnc12)S(=O)(=O)c1ccc2c(c1)OCCCO2. The summed E-state index contributed by atoms with van der Waals surface area (Å²) in [4.78, 5) is 16.9. The third kappa shape index (κ3) is 4.07. The highest BCUT2D eigenvalue weighted by atomic mass is 32.2. The standard InChI is InChI=1S/C21H21N3O5S/c1-24(14-20(25)23-17-7-2-5-15-6-3-10-22-21(15)17)30(26,27)16-8-9-18-19(13-16)29-12-4-11-28-18/h2-3,5-10,13H,4,11-12,14H2,1H3,(H,23,25). The summed E-state index contributed by atoms with van der Waals surface area (Å²) in [6.07, 6.45) is 2.36. The number of likely N-dealkylation sites (N-methyl/N-ethyl adjacent to an activating group) is 1. The van der Waals surface area contributed by atoms with Crippen molar-refractivity contribution < 1.29 is 22.7 Å². The molecule has 0 aliphatic carbocycles. The number of hydrogen-bond donors (Lipinski definition) is 1. The van der Waals surface area contributed by atoms with Crippen LogP contribution in [0.2, 0.25) is 0 Å². The molecule has 0 atom stereocenters. The van der Waals surface area contributed by atoms with Crippen LogP contribution in [-0.2, 0) is 14.8 Å². The van der Waals surface area contributed by atoms with E-state index in [4.69, 9.17) is 9.47 Å². The highest BCUT2D eigenvalue weighted by molar-refractivity contribution is 7.89. The number of carbonyl (C=O) groups is 1. The predicted molar refractivity (Wildman–Crippen MR) is 112 cm³/mol. The van der Waals surface area contributed by atoms with E-state index in [1.54, 1.807) is 24.4 Å². The fraction of sp³-hybridized carbons (Fsp3) is 0.238. The average Bonchev–Trinajstić information content (AvgIpc) is 2.98. The van der Waals surface area contributed by atoms with Crippen molar-refractivity contribution in [3.63, 3.8) is 0 Å². The van der Waals surface area contributed by atoms with Crippen LogP contribution in [0.25, 0.3) is 10.9 Å². The maximum atomic E-state index is 12.9. The van der Waals surface area contributed by atoms with Gasteiger partial charge in [-0.2, -0.15) is 4.31 Å². The van der Waals surface area contributed by atoms with Crippen molar-refractivity contribution in [2.75, 3.05) is 32.1 Å². The van der Waals surface area contributed by atoms with Crippen molar-refractivity contribution in [1.82, 2.24) is 9.29 Å². The van der Waals surface area contributed by atoms with Gasteiger partial charge in [-0.25, -0.2) is 8.42 Å². The van der Waals surface area contributed by atoms with E-state index in [0.717, 1.165) is 16.1 Å². The van der Waals surface area contributed by atoms with Gasteiger partial charge in [-0.05, 0) is 24.3 Å². The predicted octanol–water partition coefficient (Wildman–Crippen LogP) is 2.66. The molecule has 2 heterocycles. The van der Waals surface area contributed by atoms with Crippen LogP contribution in [0.1, 0.15) is 6.42 Å². The number of benzene rings is 2. The largest absolute Gasteiger partial charge is 0.490 e. The molecule has 0 spiro atoms. The molecule has 1 N–H and O–H groups in total. The molecule has 1 aliphatic rings. The zero-order chi connectivity index (χ0) is 21.1. The maximum absolute atomic E-state index is 12.9. The maximum Gasteiger partial charge on any atom is 0.243 e. The van der Waals surface area contributed by atoms with E-state index in [1.807, 2.05) is 18.2 Å². The molecule has 9 heteroatoms. The molecule has 0 fully saturated rings. The van der Waals surface area contributed by atoms with Gasteiger partial charge in [-0.1, -0.05) is 18.2 Å². The first-order chi connectivity index (χ1) is 14.4. The lowest BCUT2D eigenvalue weighted by Gasteiger charge is -2.18. The number of rotatable bonds is 5. The van der Waals surface area contributed by atoms with Gasteiger partial charge in [0, 0.05) is 31.1 Å². The molecular formula is C21H21N3O5S. The second-order valence-electron chi connectivity index (χ2n) is 6.85. The summed E-state index contributed by atoms with van der Waals surface area (Å²) in [6.45, 7) is 0.621. The number of carbonyl (C=O) groups excluding carboxylic acids is 1. The molecule has 0 bridgehead atoms. The van der Waals surface area contributed by atoms with Gasteiger partial charge in [0.15, 0.2) is 11.5 Å². The molecule has 2 aromatic carbocycles. The van der Waals surface area contributed by atoms with Gasteiger partial charge in [0.25, 0.3) is 0 Å². The lowest BCUT2D eigenvalue weighted by atomic mass is 10.2. The van der Waals surface area contributed by atoms with E-state index in [-0.39, 0.29) is 11.4 Å². The van der Waals surface area contributed by atoms with E-state index in [2.05, 4.69) is 10.3 Å². The van der Waals surface area contributed by atoms with Crippen LogP contribution < -0.4 is 14.8 Å². The van der Waals surface area contributed by atoms with Gasteiger partial charge in [0.2, 0.25) is 15.9 Å². The number of nitrogens with one attached hydrogen (secondary N) is 1.